The molecule has 0 fully saturated rings. The summed E-state index contributed by atoms with van der Waals surface area (Å²) in [5.41, 5.74) is 6.50. The van der Waals surface area contributed by atoms with Gasteiger partial charge in [-0.25, -0.2) is 4.79 Å². The van der Waals surface area contributed by atoms with E-state index >= 15 is 0 Å². The second-order valence-electron chi connectivity index (χ2n) is 6.81. The van der Waals surface area contributed by atoms with E-state index in [1.54, 1.807) is 38.4 Å². The molecule has 2 N–H and O–H groups in total. The minimum absolute atomic E-state index is 0.0393. The maximum atomic E-state index is 13.2. The Kier molecular flexibility index (Phi) is 5.99. The fraction of sp³-hybridized carbons (Fsp3) is 0.238. The lowest BCUT2D eigenvalue weighted by Gasteiger charge is -2.27. The maximum absolute atomic E-state index is 13.2. The predicted molar refractivity (Wildman–Crippen MR) is 115 cm³/mol. The number of fused-ring (bicyclic) bond motifs is 1. The van der Waals surface area contributed by atoms with Gasteiger partial charge in [-0.1, -0.05) is 12.1 Å². The molecule has 1 aliphatic heterocycles. The van der Waals surface area contributed by atoms with Crippen LogP contribution in [0.2, 0.25) is 0 Å². The highest BCUT2D eigenvalue weighted by Gasteiger charge is 2.36. The van der Waals surface area contributed by atoms with Crippen LogP contribution in [0.25, 0.3) is 17.5 Å². The van der Waals surface area contributed by atoms with E-state index in [2.05, 4.69) is 10.8 Å². The molecule has 1 aliphatic rings. The summed E-state index contributed by atoms with van der Waals surface area (Å²) in [6.45, 7) is 0. The number of thiazole rings is 1. The number of rotatable bonds is 4. The molecule has 1 atom stereocenters. The van der Waals surface area contributed by atoms with Gasteiger partial charge in [-0.3, -0.25) is 14.2 Å². The summed E-state index contributed by atoms with van der Waals surface area (Å²) in [4.78, 5) is 39.3. The molecule has 31 heavy (non-hydrogen) atoms. The molecular formula is C21H20N4O5S. The van der Waals surface area contributed by atoms with E-state index < -0.39 is 23.4 Å². The Balaban J connectivity index is 2.50. The van der Waals surface area contributed by atoms with Gasteiger partial charge in [-0.05, 0) is 17.7 Å². The van der Waals surface area contributed by atoms with E-state index in [0.717, 1.165) is 22.0 Å². The molecule has 0 aliphatic carbocycles. The average molecular weight is 440 g/mol. The van der Waals surface area contributed by atoms with Gasteiger partial charge in [-0.2, -0.15) is 5.26 Å². The van der Waals surface area contributed by atoms with Gasteiger partial charge in [0.25, 0.3) is 11.5 Å². The Morgan fingerprint density at radius 3 is 2.61 bits per heavy atom. The van der Waals surface area contributed by atoms with Gasteiger partial charge < -0.3 is 20.1 Å². The number of ether oxygens (including phenoxy) is 2. The van der Waals surface area contributed by atoms with Crippen molar-refractivity contribution >= 4 is 40.7 Å². The molecular weight excluding hydrogens is 420 g/mol. The van der Waals surface area contributed by atoms with E-state index in [1.165, 1.54) is 19.1 Å². The summed E-state index contributed by atoms with van der Waals surface area (Å²) >= 11 is 0.939. The number of amides is 1. The van der Waals surface area contributed by atoms with E-state index in [1.807, 2.05) is 0 Å². The van der Waals surface area contributed by atoms with Gasteiger partial charge in [0, 0.05) is 20.2 Å². The van der Waals surface area contributed by atoms with Crippen molar-refractivity contribution in [2.24, 2.45) is 5.73 Å². The number of benzene rings is 1. The molecule has 1 aromatic carbocycles. The summed E-state index contributed by atoms with van der Waals surface area (Å²) in [5, 5.41) is 9.91. The average Bonchev–Trinajstić information content (AvgIpc) is 3.08. The van der Waals surface area contributed by atoms with Crippen LogP contribution in [-0.2, 0) is 14.3 Å². The summed E-state index contributed by atoms with van der Waals surface area (Å²) in [5.74, 6) is -1.49. The number of carbonyl (C=O) groups excluding carboxylic acids is 2. The van der Waals surface area contributed by atoms with Crippen LogP contribution in [0.4, 0.5) is 0 Å². The van der Waals surface area contributed by atoms with Crippen molar-refractivity contribution in [3.8, 4) is 11.8 Å². The van der Waals surface area contributed by atoms with Crippen LogP contribution < -0.4 is 25.2 Å². The van der Waals surface area contributed by atoms with Crippen LogP contribution in [0.5, 0.6) is 5.75 Å². The number of allylic oxidation sites excluding steroid dienone is 1. The zero-order valence-electron chi connectivity index (χ0n) is 17.3. The van der Waals surface area contributed by atoms with E-state index in [0.29, 0.717) is 11.3 Å². The van der Waals surface area contributed by atoms with E-state index in [9.17, 15) is 19.6 Å². The highest BCUT2D eigenvalue weighted by Crippen LogP contribution is 2.37. The Hall–Kier alpha value is -3.84. The summed E-state index contributed by atoms with van der Waals surface area (Å²) in [6.07, 6.45) is 1.04. The topological polar surface area (TPSA) is 128 Å². The molecule has 0 saturated heterocycles. The van der Waals surface area contributed by atoms with Gasteiger partial charge in [0.05, 0.1) is 37.4 Å². The number of carbonyl (C=O) groups is 2. The van der Waals surface area contributed by atoms with Gasteiger partial charge in [0.1, 0.15) is 20.8 Å². The molecule has 2 heterocycles. The van der Waals surface area contributed by atoms with Crippen molar-refractivity contribution in [3.05, 3.63) is 55.0 Å². The molecule has 1 amide bonds. The molecule has 9 nitrogen and oxygen atoms in total. The van der Waals surface area contributed by atoms with Gasteiger partial charge in [-0.15, -0.1) is 11.3 Å². The highest BCUT2D eigenvalue weighted by molar-refractivity contribution is 7.07. The SMILES string of the molecule is COC(=O)/C=c1\sc2n(c1=O)C(N)=C(C#N)[C@H](c1cccc(OC)c1)C=2C(=O)N(C)C. The number of hydrogen-bond acceptors (Lipinski definition) is 8. The van der Waals surface area contributed by atoms with Crippen molar-refractivity contribution < 1.29 is 19.1 Å². The van der Waals surface area contributed by atoms with Crippen molar-refractivity contribution in [2.45, 2.75) is 5.92 Å². The van der Waals surface area contributed by atoms with Crippen molar-refractivity contribution in [1.82, 2.24) is 9.47 Å². The molecule has 10 heteroatoms. The molecule has 1 aromatic heterocycles. The standard InChI is InChI=1S/C21H20N4O5S/c1-24(2)20(28)17-16(11-6-5-7-12(8-11)29-3)13(10-22)18(23)25-19(27)14(31-21(17)25)9-15(26)30-4/h5-9,16H,23H2,1-4H3/b14-9-/t16-/m0/s1. The number of nitrogens with zero attached hydrogens (tertiary/aromatic N) is 3. The first-order chi connectivity index (χ1) is 14.7. The number of methoxy groups -OCH3 is 2. The molecule has 160 valence electrons. The van der Waals surface area contributed by atoms with Crippen molar-refractivity contribution in [2.75, 3.05) is 28.3 Å². The molecule has 0 saturated carbocycles. The monoisotopic (exact) mass is 440 g/mol. The fourth-order valence-corrected chi connectivity index (χ4v) is 4.45. The smallest absolute Gasteiger partial charge is 0.332 e. The first kappa shape index (κ1) is 21.9. The van der Waals surface area contributed by atoms with Gasteiger partial charge in [0.15, 0.2) is 0 Å². The summed E-state index contributed by atoms with van der Waals surface area (Å²) in [7, 11) is 5.85. The van der Waals surface area contributed by atoms with Crippen LogP contribution in [0, 0.1) is 11.3 Å². The normalized spacial score (nSPS) is 15.9. The van der Waals surface area contributed by atoms with Crippen molar-refractivity contribution in [1.29, 1.82) is 5.26 Å². The zero-order valence-corrected chi connectivity index (χ0v) is 18.1. The molecule has 0 radical (unpaired) electrons. The first-order valence-corrected chi connectivity index (χ1v) is 9.88. The van der Waals surface area contributed by atoms with Crippen LogP contribution in [-0.4, -0.2) is 49.7 Å². The predicted octanol–water partition coefficient (Wildman–Crippen LogP) is -0.441. The molecule has 0 bridgehead atoms. The van der Waals surface area contributed by atoms with Crippen LogP contribution >= 0.6 is 11.3 Å². The maximum Gasteiger partial charge on any atom is 0.332 e. The molecule has 2 aromatic rings. The number of nitrogens with two attached hydrogens (primary N) is 1. The molecule has 3 rings (SSSR count). The largest absolute Gasteiger partial charge is 0.497 e. The third kappa shape index (κ3) is 3.71. The molecule has 0 unspecified atom stereocenters. The van der Waals surface area contributed by atoms with Crippen molar-refractivity contribution in [3.63, 3.8) is 0 Å². The summed E-state index contributed by atoms with van der Waals surface area (Å²) < 4.78 is 11.3. The van der Waals surface area contributed by atoms with Gasteiger partial charge >= 0.3 is 5.97 Å². The Bertz CT molecular complexity index is 1330. The number of esters is 1. The quantitative estimate of drug-likeness (QED) is 0.639. The van der Waals surface area contributed by atoms with E-state index in [4.69, 9.17) is 10.5 Å². The molecule has 0 spiro atoms. The summed E-state index contributed by atoms with van der Waals surface area (Å²) in [6, 6.07) is 9.00. The lowest BCUT2D eigenvalue weighted by molar-refractivity contribution is -0.133. The lowest BCUT2D eigenvalue weighted by atomic mass is 9.83. The van der Waals surface area contributed by atoms with Gasteiger partial charge in [0.2, 0.25) is 0 Å². The second-order valence-corrected chi connectivity index (χ2v) is 7.84. The number of nitriles is 1. The minimum atomic E-state index is -0.820. The van der Waals surface area contributed by atoms with Crippen LogP contribution in [0.1, 0.15) is 11.5 Å². The zero-order chi connectivity index (χ0) is 22.9. The third-order valence-corrected chi connectivity index (χ3v) is 5.89. The third-order valence-electron chi connectivity index (χ3n) is 4.78. The Morgan fingerprint density at radius 1 is 1.32 bits per heavy atom. The highest BCUT2D eigenvalue weighted by atomic mass is 32.1. The number of aromatic nitrogens is 1. The minimum Gasteiger partial charge on any atom is -0.497 e. The van der Waals surface area contributed by atoms with Crippen LogP contribution in [0.15, 0.2) is 34.6 Å². The first-order valence-electron chi connectivity index (χ1n) is 9.06. The number of hydrogen-bond donors (Lipinski definition) is 1. The Morgan fingerprint density at radius 2 is 2.03 bits per heavy atom. The van der Waals surface area contributed by atoms with E-state index in [-0.39, 0.29) is 26.2 Å². The van der Waals surface area contributed by atoms with Crippen LogP contribution in [0.3, 0.4) is 0 Å². The fourth-order valence-electron chi connectivity index (χ4n) is 3.32. The Labute approximate surface area is 181 Å². The second kappa shape index (κ2) is 8.49. The lowest BCUT2D eigenvalue weighted by Crippen LogP contribution is -2.41.